The molecule has 0 saturated carbocycles. The summed E-state index contributed by atoms with van der Waals surface area (Å²) in [7, 11) is 1.63. The first-order chi connectivity index (χ1) is 10.2. The summed E-state index contributed by atoms with van der Waals surface area (Å²) in [4.78, 5) is 12.3. The maximum Gasteiger partial charge on any atom is 0.244 e. The third kappa shape index (κ3) is 2.57. The van der Waals surface area contributed by atoms with Crippen LogP contribution < -0.4 is 10.1 Å². The Hall–Kier alpha value is -2.11. The molecule has 1 heterocycles. The SMILES string of the molecule is COc1ccc(NC(=O)[C@@H]2CCCN2O)c2ccccc12. The number of anilines is 1. The van der Waals surface area contributed by atoms with Crippen LogP contribution in [0.4, 0.5) is 5.69 Å². The van der Waals surface area contributed by atoms with E-state index in [9.17, 15) is 10.0 Å². The van der Waals surface area contributed by atoms with E-state index in [2.05, 4.69) is 5.32 Å². The molecule has 1 aliphatic rings. The summed E-state index contributed by atoms with van der Waals surface area (Å²) in [5, 5.41) is 15.6. The summed E-state index contributed by atoms with van der Waals surface area (Å²) >= 11 is 0. The monoisotopic (exact) mass is 286 g/mol. The minimum atomic E-state index is -0.467. The topological polar surface area (TPSA) is 61.8 Å². The lowest BCUT2D eigenvalue weighted by molar-refractivity contribution is -0.140. The minimum absolute atomic E-state index is 0.176. The highest BCUT2D eigenvalue weighted by atomic mass is 16.5. The van der Waals surface area contributed by atoms with Gasteiger partial charge in [0.05, 0.1) is 7.11 Å². The predicted molar refractivity (Wildman–Crippen MR) is 80.6 cm³/mol. The zero-order valence-electron chi connectivity index (χ0n) is 11.9. The molecule has 0 unspecified atom stereocenters. The standard InChI is InChI=1S/C16H18N2O3/c1-21-15-9-8-13(11-5-2-3-6-12(11)15)17-16(19)14-7-4-10-18(14)20/h2-3,5-6,8-9,14,20H,4,7,10H2,1H3,(H,17,19)/t14-/m0/s1. The van der Waals surface area contributed by atoms with Crippen LogP contribution in [-0.2, 0) is 4.79 Å². The zero-order valence-corrected chi connectivity index (χ0v) is 11.9. The Kier molecular flexibility index (Phi) is 3.77. The van der Waals surface area contributed by atoms with E-state index in [0.29, 0.717) is 13.0 Å². The van der Waals surface area contributed by atoms with Crippen LogP contribution in [0.15, 0.2) is 36.4 Å². The van der Waals surface area contributed by atoms with Gasteiger partial charge in [-0.05, 0) is 25.0 Å². The quantitative estimate of drug-likeness (QED) is 0.910. The van der Waals surface area contributed by atoms with Crippen molar-refractivity contribution in [3.8, 4) is 5.75 Å². The molecule has 0 bridgehead atoms. The molecule has 2 N–H and O–H groups in total. The lowest BCUT2D eigenvalue weighted by atomic mass is 10.1. The van der Waals surface area contributed by atoms with Crippen LogP contribution in [0, 0.1) is 0 Å². The van der Waals surface area contributed by atoms with Crippen LogP contribution in [-0.4, -0.2) is 35.9 Å². The van der Waals surface area contributed by atoms with Gasteiger partial charge in [0.2, 0.25) is 5.91 Å². The third-order valence-electron chi connectivity index (χ3n) is 3.89. The number of hydroxylamine groups is 2. The third-order valence-corrected chi connectivity index (χ3v) is 3.89. The van der Waals surface area contributed by atoms with Crippen molar-refractivity contribution in [2.45, 2.75) is 18.9 Å². The fraction of sp³-hybridized carbons (Fsp3) is 0.312. The average molecular weight is 286 g/mol. The normalized spacial score (nSPS) is 18.9. The summed E-state index contributed by atoms with van der Waals surface area (Å²) in [6, 6.07) is 11.0. The van der Waals surface area contributed by atoms with Crippen molar-refractivity contribution in [3.63, 3.8) is 0 Å². The van der Waals surface area contributed by atoms with Crippen LogP contribution in [0.2, 0.25) is 0 Å². The fourth-order valence-electron chi connectivity index (χ4n) is 2.79. The summed E-state index contributed by atoms with van der Waals surface area (Å²) < 4.78 is 5.34. The first-order valence-corrected chi connectivity index (χ1v) is 7.03. The molecule has 0 spiro atoms. The Morgan fingerprint density at radius 2 is 2.05 bits per heavy atom. The molecule has 1 amide bonds. The van der Waals surface area contributed by atoms with E-state index in [4.69, 9.17) is 4.74 Å². The number of rotatable bonds is 3. The number of hydrogen-bond acceptors (Lipinski definition) is 4. The molecule has 5 nitrogen and oxygen atoms in total. The van der Waals surface area contributed by atoms with Gasteiger partial charge in [0, 0.05) is 23.0 Å². The van der Waals surface area contributed by atoms with E-state index < -0.39 is 6.04 Å². The number of amides is 1. The second-order valence-electron chi connectivity index (χ2n) is 5.17. The lowest BCUT2D eigenvalue weighted by Crippen LogP contribution is -2.37. The predicted octanol–water partition coefficient (Wildman–Crippen LogP) is 2.64. The molecule has 0 radical (unpaired) electrons. The Morgan fingerprint density at radius 1 is 1.29 bits per heavy atom. The number of benzene rings is 2. The van der Waals surface area contributed by atoms with Gasteiger partial charge in [-0.15, -0.1) is 0 Å². The Morgan fingerprint density at radius 3 is 2.71 bits per heavy atom. The van der Waals surface area contributed by atoms with Crippen molar-refractivity contribution in [2.24, 2.45) is 0 Å². The maximum absolute atomic E-state index is 12.3. The van der Waals surface area contributed by atoms with Gasteiger partial charge in [0.25, 0.3) is 0 Å². The first kappa shape index (κ1) is 13.9. The molecule has 110 valence electrons. The van der Waals surface area contributed by atoms with E-state index in [1.807, 2.05) is 36.4 Å². The highest BCUT2D eigenvalue weighted by molar-refractivity contribution is 6.05. The molecule has 2 aromatic carbocycles. The molecule has 1 atom stereocenters. The number of methoxy groups -OCH3 is 1. The van der Waals surface area contributed by atoms with Gasteiger partial charge in [-0.2, -0.15) is 5.06 Å². The van der Waals surface area contributed by atoms with Gasteiger partial charge in [0.1, 0.15) is 11.8 Å². The Labute approximate surface area is 123 Å². The van der Waals surface area contributed by atoms with Crippen LogP contribution in [0.25, 0.3) is 10.8 Å². The molecular weight excluding hydrogens is 268 g/mol. The number of carbonyl (C=O) groups is 1. The van der Waals surface area contributed by atoms with Crippen LogP contribution in [0.5, 0.6) is 5.75 Å². The summed E-state index contributed by atoms with van der Waals surface area (Å²) in [6.07, 6.45) is 1.51. The number of ether oxygens (including phenoxy) is 1. The highest BCUT2D eigenvalue weighted by Crippen LogP contribution is 2.31. The van der Waals surface area contributed by atoms with Gasteiger partial charge < -0.3 is 15.3 Å². The van der Waals surface area contributed by atoms with Crippen molar-refractivity contribution < 1.29 is 14.7 Å². The number of nitrogens with one attached hydrogen (secondary N) is 1. The first-order valence-electron chi connectivity index (χ1n) is 7.03. The van der Waals surface area contributed by atoms with Crippen LogP contribution in [0.1, 0.15) is 12.8 Å². The van der Waals surface area contributed by atoms with Gasteiger partial charge in [-0.25, -0.2) is 0 Å². The van der Waals surface area contributed by atoms with E-state index in [1.165, 1.54) is 0 Å². The van der Waals surface area contributed by atoms with Gasteiger partial charge in [-0.1, -0.05) is 24.3 Å². The average Bonchev–Trinajstić information content (AvgIpc) is 2.94. The number of hydrogen-bond donors (Lipinski definition) is 2. The zero-order chi connectivity index (χ0) is 14.8. The molecule has 1 saturated heterocycles. The van der Waals surface area contributed by atoms with E-state index >= 15 is 0 Å². The molecular formula is C16H18N2O3. The van der Waals surface area contributed by atoms with Crippen molar-refractivity contribution in [2.75, 3.05) is 19.0 Å². The molecule has 1 aliphatic heterocycles. The smallest absolute Gasteiger partial charge is 0.244 e. The number of fused-ring (bicyclic) bond motifs is 1. The molecule has 0 aliphatic carbocycles. The molecule has 1 fully saturated rings. The van der Waals surface area contributed by atoms with Gasteiger partial charge >= 0.3 is 0 Å². The van der Waals surface area contributed by atoms with E-state index in [-0.39, 0.29) is 5.91 Å². The molecule has 2 aromatic rings. The van der Waals surface area contributed by atoms with Gasteiger partial charge in [-0.3, -0.25) is 4.79 Å². The second kappa shape index (κ2) is 5.71. The summed E-state index contributed by atoms with van der Waals surface area (Å²) in [6.45, 7) is 0.543. The van der Waals surface area contributed by atoms with Crippen molar-refractivity contribution >= 4 is 22.4 Å². The fourth-order valence-corrected chi connectivity index (χ4v) is 2.79. The minimum Gasteiger partial charge on any atom is -0.496 e. The Balaban J connectivity index is 1.92. The van der Waals surface area contributed by atoms with Crippen molar-refractivity contribution in [1.82, 2.24) is 5.06 Å². The molecule has 21 heavy (non-hydrogen) atoms. The van der Waals surface area contributed by atoms with Gasteiger partial charge in [0.15, 0.2) is 0 Å². The lowest BCUT2D eigenvalue weighted by Gasteiger charge is -2.18. The molecule has 5 heteroatoms. The molecule has 0 aromatic heterocycles. The maximum atomic E-state index is 12.3. The number of nitrogens with zero attached hydrogens (tertiary/aromatic N) is 1. The Bertz CT molecular complexity index is 672. The largest absolute Gasteiger partial charge is 0.496 e. The summed E-state index contributed by atoms with van der Waals surface area (Å²) in [5.41, 5.74) is 0.733. The summed E-state index contributed by atoms with van der Waals surface area (Å²) in [5.74, 6) is 0.596. The van der Waals surface area contributed by atoms with Crippen molar-refractivity contribution in [1.29, 1.82) is 0 Å². The number of carbonyl (C=O) groups excluding carboxylic acids is 1. The van der Waals surface area contributed by atoms with E-state index in [0.717, 1.165) is 33.7 Å². The van der Waals surface area contributed by atoms with Crippen molar-refractivity contribution in [3.05, 3.63) is 36.4 Å². The van der Waals surface area contributed by atoms with E-state index in [1.54, 1.807) is 7.11 Å². The second-order valence-corrected chi connectivity index (χ2v) is 5.17. The highest BCUT2D eigenvalue weighted by Gasteiger charge is 2.29. The van der Waals surface area contributed by atoms with Crippen LogP contribution in [0.3, 0.4) is 0 Å². The van der Waals surface area contributed by atoms with Crippen LogP contribution >= 0.6 is 0 Å². The molecule has 3 rings (SSSR count).